The number of hydrogen-bond acceptors (Lipinski definition) is 3. The lowest BCUT2D eigenvalue weighted by Gasteiger charge is -2.18. The van der Waals surface area contributed by atoms with Gasteiger partial charge in [-0.05, 0) is 26.2 Å². The Hall–Kier alpha value is -0.830. The van der Waals surface area contributed by atoms with E-state index in [-0.39, 0.29) is 35.9 Å². The Balaban J connectivity index is 1.87. The van der Waals surface area contributed by atoms with Crippen LogP contribution in [0.25, 0.3) is 0 Å². The molecule has 4 atom stereocenters. The Kier molecular flexibility index (Phi) is 2.83. The number of ether oxygens (including phenoxy) is 1. The van der Waals surface area contributed by atoms with E-state index >= 15 is 0 Å². The van der Waals surface area contributed by atoms with Crippen LogP contribution in [0, 0.1) is 17.8 Å². The molecule has 0 aliphatic heterocycles. The molecule has 1 N–H and O–H groups in total. The molecule has 15 heavy (non-hydrogen) atoms. The molecule has 1 fully saturated rings. The van der Waals surface area contributed by atoms with Crippen LogP contribution in [0.4, 0.5) is 0 Å². The number of rotatable bonds is 3. The molecule has 3 heteroatoms. The van der Waals surface area contributed by atoms with Gasteiger partial charge in [-0.3, -0.25) is 4.79 Å². The van der Waals surface area contributed by atoms with Gasteiger partial charge in [-0.1, -0.05) is 12.2 Å². The molecule has 0 aromatic carbocycles. The van der Waals surface area contributed by atoms with Crippen molar-refractivity contribution in [3.63, 3.8) is 0 Å². The van der Waals surface area contributed by atoms with Crippen LogP contribution in [0.1, 0.15) is 26.7 Å². The summed E-state index contributed by atoms with van der Waals surface area (Å²) in [5, 5.41) is 9.78. The summed E-state index contributed by atoms with van der Waals surface area (Å²) in [7, 11) is 0. The molecule has 2 bridgehead atoms. The number of carbonyl (C=O) groups is 1. The smallest absolute Gasteiger partial charge is 0.306 e. The van der Waals surface area contributed by atoms with Crippen LogP contribution in [0.15, 0.2) is 12.2 Å². The maximum atomic E-state index is 11.5. The number of aliphatic hydroxyl groups is 1. The summed E-state index contributed by atoms with van der Waals surface area (Å²) < 4.78 is 5.11. The van der Waals surface area contributed by atoms with Crippen molar-refractivity contribution >= 4 is 5.97 Å². The molecule has 0 radical (unpaired) electrons. The average molecular weight is 210 g/mol. The second kappa shape index (κ2) is 3.97. The molecule has 3 nitrogen and oxygen atoms in total. The van der Waals surface area contributed by atoms with Gasteiger partial charge in [-0.15, -0.1) is 0 Å². The normalized spacial score (nSPS) is 37.6. The van der Waals surface area contributed by atoms with E-state index in [9.17, 15) is 9.90 Å². The van der Waals surface area contributed by atoms with Crippen molar-refractivity contribution in [2.75, 3.05) is 0 Å². The fraction of sp³-hybridized carbons (Fsp3) is 0.750. The van der Waals surface area contributed by atoms with Gasteiger partial charge in [0.15, 0.2) is 0 Å². The van der Waals surface area contributed by atoms with Crippen molar-refractivity contribution in [2.24, 2.45) is 17.8 Å². The maximum absolute atomic E-state index is 11.5. The number of esters is 1. The summed E-state index contributed by atoms with van der Waals surface area (Å²) in [6.07, 6.45) is 5.18. The highest BCUT2D eigenvalue weighted by Gasteiger charge is 2.44. The van der Waals surface area contributed by atoms with Gasteiger partial charge >= 0.3 is 5.97 Å². The molecule has 0 spiro atoms. The van der Waals surface area contributed by atoms with Crippen molar-refractivity contribution < 1.29 is 14.6 Å². The largest absolute Gasteiger partial charge is 0.463 e. The molecular formula is C12H18O3. The number of aliphatic hydroxyl groups excluding tert-OH is 1. The van der Waals surface area contributed by atoms with E-state index in [1.807, 2.05) is 19.9 Å². The monoisotopic (exact) mass is 210 g/mol. The van der Waals surface area contributed by atoms with Gasteiger partial charge in [0.05, 0.1) is 12.2 Å². The van der Waals surface area contributed by atoms with Crippen LogP contribution in [-0.4, -0.2) is 23.3 Å². The van der Waals surface area contributed by atoms with Gasteiger partial charge in [0.2, 0.25) is 0 Å². The van der Waals surface area contributed by atoms with Crippen LogP contribution in [0.3, 0.4) is 0 Å². The summed E-state index contributed by atoms with van der Waals surface area (Å²) in [5.74, 6) is 0.589. The molecule has 2 aliphatic rings. The van der Waals surface area contributed by atoms with Crippen molar-refractivity contribution in [2.45, 2.75) is 38.9 Å². The van der Waals surface area contributed by atoms with Crippen molar-refractivity contribution in [1.82, 2.24) is 0 Å². The van der Waals surface area contributed by atoms with Crippen molar-refractivity contribution in [3.05, 3.63) is 12.2 Å². The first-order chi connectivity index (χ1) is 7.08. The topological polar surface area (TPSA) is 46.5 Å². The Morgan fingerprint density at radius 2 is 2.27 bits per heavy atom. The molecule has 2 rings (SSSR count). The van der Waals surface area contributed by atoms with E-state index in [0.29, 0.717) is 6.42 Å². The van der Waals surface area contributed by atoms with E-state index in [4.69, 9.17) is 4.74 Å². The van der Waals surface area contributed by atoms with E-state index in [1.165, 1.54) is 0 Å². The second-order valence-corrected chi connectivity index (χ2v) is 4.86. The summed E-state index contributed by atoms with van der Waals surface area (Å²) in [5.41, 5.74) is 0. The average Bonchev–Trinajstić information content (AvgIpc) is 2.59. The molecule has 0 amide bonds. The highest BCUT2D eigenvalue weighted by atomic mass is 16.5. The van der Waals surface area contributed by atoms with Crippen LogP contribution in [-0.2, 0) is 9.53 Å². The Bertz CT molecular complexity index is 283. The molecular weight excluding hydrogens is 192 g/mol. The predicted octanol–water partition coefficient (Wildman–Crippen LogP) is 1.51. The Morgan fingerprint density at radius 3 is 2.73 bits per heavy atom. The van der Waals surface area contributed by atoms with E-state index in [2.05, 4.69) is 6.08 Å². The zero-order valence-electron chi connectivity index (χ0n) is 9.22. The molecule has 0 heterocycles. The minimum absolute atomic E-state index is 0.0449. The third kappa shape index (κ3) is 2.07. The zero-order chi connectivity index (χ0) is 11.0. The summed E-state index contributed by atoms with van der Waals surface area (Å²) in [6.45, 7) is 3.71. The SMILES string of the molecule is CC(C)OC(=O)CC1CC2C=CC1C2O. The highest BCUT2D eigenvalue weighted by Crippen LogP contribution is 2.45. The minimum Gasteiger partial charge on any atom is -0.463 e. The standard InChI is InChI=1S/C12H18O3/c1-7(2)15-11(13)6-9-5-8-3-4-10(9)12(8)14/h3-4,7-10,12,14H,5-6H2,1-2H3. The molecule has 84 valence electrons. The highest BCUT2D eigenvalue weighted by molar-refractivity contribution is 5.70. The lowest BCUT2D eigenvalue weighted by atomic mass is 9.90. The van der Waals surface area contributed by atoms with Crippen LogP contribution >= 0.6 is 0 Å². The van der Waals surface area contributed by atoms with Gasteiger partial charge in [-0.25, -0.2) is 0 Å². The third-order valence-corrected chi connectivity index (χ3v) is 3.33. The first-order valence-corrected chi connectivity index (χ1v) is 5.64. The fourth-order valence-corrected chi connectivity index (χ4v) is 2.69. The Morgan fingerprint density at radius 1 is 1.53 bits per heavy atom. The van der Waals surface area contributed by atoms with E-state index < -0.39 is 0 Å². The van der Waals surface area contributed by atoms with E-state index in [0.717, 1.165) is 6.42 Å². The lowest BCUT2D eigenvalue weighted by molar-refractivity contribution is -0.148. The quantitative estimate of drug-likeness (QED) is 0.567. The number of fused-ring (bicyclic) bond motifs is 2. The van der Waals surface area contributed by atoms with E-state index in [1.54, 1.807) is 0 Å². The zero-order valence-corrected chi connectivity index (χ0v) is 9.22. The van der Waals surface area contributed by atoms with Crippen molar-refractivity contribution in [3.8, 4) is 0 Å². The second-order valence-electron chi connectivity index (χ2n) is 4.86. The third-order valence-electron chi connectivity index (χ3n) is 3.33. The molecule has 0 saturated heterocycles. The maximum Gasteiger partial charge on any atom is 0.306 e. The van der Waals surface area contributed by atoms with Crippen molar-refractivity contribution in [1.29, 1.82) is 0 Å². The first kappa shape index (κ1) is 10.7. The molecule has 0 aromatic heterocycles. The fourth-order valence-electron chi connectivity index (χ4n) is 2.69. The first-order valence-electron chi connectivity index (χ1n) is 5.64. The minimum atomic E-state index is -0.262. The van der Waals surface area contributed by atoms with Gasteiger partial charge in [0, 0.05) is 18.3 Å². The summed E-state index contributed by atoms with van der Waals surface area (Å²) >= 11 is 0. The van der Waals surface area contributed by atoms with Gasteiger partial charge in [0.1, 0.15) is 0 Å². The molecule has 1 saturated carbocycles. The molecule has 4 unspecified atom stereocenters. The van der Waals surface area contributed by atoms with Crippen LogP contribution < -0.4 is 0 Å². The number of carbonyl (C=O) groups excluding carboxylic acids is 1. The Labute approximate surface area is 90.1 Å². The molecule has 0 aromatic rings. The van der Waals surface area contributed by atoms with Gasteiger partial charge in [-0.2, -0.15) is 0 Å². The summed E-state index contributed by atoms with van der Waals surface area (Å²) in [6, 6.07) is 0. The van der Waals surface area contributed by atoms with Crippen LogP contribution in [0.5, 0.6) is 0 Å². The van der Waals surface area contributed by atoms with Crippen LogP contribution in [0.2, 0.25) is 0 Å². The van der Waals surface area contributed by atoms with Gasteiger partial charge in [0.25, 0.3) is 0 Å². The predicted molar refractivity (Wildman–Crippen MR) is 56.1 cm³/mol. The molecule has 2 aliphatic carbocycles. The van der Waals surface area contributed by atoms with Gasteiger partial charge < -0.3 is 9.84 Å². The number of hydrogen-bond donors (Lipinski definition) is 1. The summed E-state index contributed by atoms with van der Waals surface area (Å²) in [4.78, 5) is 11.5. The lowest BCUT2D eigenvalue weighted by Crippen LogP contribution is -2.20.